The molecule has 0 spiro atoms. The van der Waals surface area contributed by atoms with Crippen molar-refractivity contribution >= 4 is 75.1 Å². The lowest BCUT2D eigenvalue weighted by Gasteiger charge is -2.12. The van der Waals surface area contributed by atoms with Gasteiger partial charge in [0.05, 0.1) is 27.3 Å². The van der Waals surface area contributed by atoms with Crippen LogP contribution in [-0.2, 0) is 0 Å². The molecule has 5 heteroatoms. The van der Waals surface area contributed by atoms with Crippen LogP contribution in [0.1, 0.15) is 0 Å². The van der Waals surface area contributed by atoms with E-state index in [9.17, 15) is 0 Å². The smallest absolute Gasteiger partial charge is 0.160 e. The fourth-order valence-corrected chi connectivity index (χ4v) is 9.66. The number of nitrogens with zero attached hydrogens (tertiary/aromatic N) is 3. The van der Waals surface area contributed by atoms with Gasteiger partial charge in [-0.1, -0.05) is 146 Å². The van der Waals surface area contributed by atoms with Crippen LogP contribution in [0.15, 0.2) is 192 Å². The van der Waals surface area contributed by atoms with Crippen LogP contribution in [0.3, 0.4) is 0 Å². The fourth-order valence-electron chi connectivity index (χ4n) is 8.48. The summed E-state index contributed by atoms with van der Waals surface area (Å²) in [6.07, 6.45) is 0. The number of thiophene rings is 1. The molecule has 0 saturated heterocycles. The van der Waals surface area contributed by atoms with E-state index in [1.54, 1.807) is 0 Å². The first-order chi connectivity index (χ1) is 28.7. The molecular weight excluding hydrogens is 727 g/mol. The minimum Gasteiger partial charge on any atom is -0.456 e. The van der Waals surface area contributed by atoms with Crippen LogP contribution in [0.2, 0.25) is 0 Å². The van der Waals surface area contributed by atoms with Gasteiger partial charge in [0.25, 0.3) is 0 Å². The third kappa shape index (κ3) is 5.32. The molecule has 0 aliphatic carbocycles. The number of para-hydroxylation sites is 1. The Bertz CT molecular complexity index is 3590. The van der Waals surface area contributed by atoms with Crippen molar-refractivity contribution < 1.29 is 4.42 Å². The Labute approximate surface area is 337 Å². The second-order valence-corrected chi connectivity index (χ2v) is 15.8. The van der Waals surface area contributed by atoms with E-state index in [1.165, 1.54) is 20.2 Å². The third-order valence-corrected chi connectivity index (χ3v) is 12.5. The second-order valence-electron chi connectivity index (χ2n) is 14.7. The van der Waals surface area contributed by atoms with Crippen molar-refractivity contribution in [1.29, 1.82) is 0 Å². The lowest BCUT2D eigenvalue weighted by Crippen LogP contribution is -1.96. The van der Waals surface area contributed by atoms with Gasteiger partial charge in [-0.2, -0.15) is 0 Å². The highest BCUT2D eigenvalue weighted by Crippen LogP contribution is 2.42. The highest BCUT2D eigenvalue weighted by molar-refractivity contribution is 7.26. The molecule has 0 aliphatic heterocycles. The van der Waals surface area contributed by atoms with Crippen LogP contribution < -0.4 is 0 Å². The zero-order chi connectivity index (χ0) is 38.2. The molecule has 12 aromatic rings. The van der Waals surface area contributed by atoms with Crippen molar-refractivity contribution in [3.63, 3.8) is 0 Å². The van der Waals surface area contributed by atoms with Crippen LogP contribution in [-0.4, -0.2) is 15.0 Å². The maximum atomic E-state index is 6.21. The minimum absolute atomic E-state index is 0.684. The number of aromatic nitrogens is 3. The second kappa shape index (κ2) is 13.1. The van der Waals surface area contributed by atoms with Crippen molar-refractivity contribution in [2.75, 3.05) is 0 Å². The Kier molecular flexibility index (Phi) is 7.37. The van der Waals surface area contributed by atoms with Gasteiger partial charge in [-0.05, 0) is 64.4 Å². The summed E-state index contributed by atoms with van der Waals surface area (Å²) in [5, 5.41) is 8.12. The number of hydrogen-bond acceptors (Lipinski definition) is 5. The highest BCUT2D eigenvalue weighted by Gasteiger charge is 2.18. The highest BCUT2D eigenvalue weighted by atomic mass is 32.1. The molecule has 0 saturated carbocycles. The molecule has 0 N–H and O–H groups in total. The molecule has 4 heterocycles. The molecule has 0 radical (unpaired) electrons. The van der Waals surface area contributed by atoms with Crippen LogP contribution >= 0.6 is 11.3 Å². The van der Waals surface area contributed by atoms with Gasteiger partial charge in [-0.25, -0.2) is 15.0 Å². The first-order valence-corrected chi connectivity index (χ1v) is 20.2. The van der Waals surface area contributed by atoms with Crippen LogP contribution in [0.25, 0.3) is 120 Å². The fraction of sp³-hybridized carbons (Fsp3) is 0. The Morgan fingerprint density at radius 3 is 1.86 bits per heavy atom. The van der Waals surface area contributed by atoms with Gasteiger partial charge in [-0.3, -0.25) is 0 Å². The summed E-state index contributed by atoms with van der Waals surface area (Å²) in [7, 11) is 0. The summed E-state index contributed by atoms with van der Waals surface area (Å²) in [6, 6.07) is 66.0. The Balaban J connectivity index is 0.981. The van der Waals surface area contributed by atoms with Crippen molar-refractivity contribution in [1.82, 2.24) is 15.0 Å². The Morgan fingerprint density at radius 1 is 0.397 bits per heavy atom. The molecule has 270 valence electrons. The molecule has 0 atom stereocenters. The number of pyridine rings is 1. The number of fused-ring (bicyclic) bond motifs is 9. The quantitative estimate of drug-likeness (QED) is 0.175. The molecule has 0 bridgehead atoms. The predicted octanol–water partition coefficient (Wildman–Crippen LogP) is 14.8. The van der Waals surface area contributed by atoms with E-state index in [4.69, 9.17) is 19.4 Å². The summed E-state index contributed by atoms with van der Waals surface area (Å²) in [6.45, 7) is 0. The van der Waals surface area contributed by atoms with E-state index in [1.807, 2.05) is 47.7 Å². The van der Waals surface area contributed by atoms with Crippen molar-refractivity contribution in [3.8, 4) is 56.3 Å². The van der Waals surface area contributed by atoms with E-state index in [2.05, 4.69) is 152 Å². The molecule has 0 amide bonds. The number of benzene rings is 8. The zero-order valence-corrected chi connectivity index (χ0v) is 31.9. The van der Waals surface area contributed by atoms with E-state index >= 15 is 0 Å². The standard InChI is InChI=1S/C53H31N3OS/c1-2-12-32(13-3-1)53-54-44(36-14-10-15-38(30-36)50-40-16-4-5-17-41(40)52-51(56-50)43-19-7-9-23-48(43)58-52)31-45(55-53)37-27-25-33-28-35(26-24-34(33)29-37)39-20-11-22-47-49(39)42-18-6-8-21-46(42)57-47/h1-31H. The molecule has 58 heavy (non-hydrogen) atoms. The maximum Gasteiger partial charge on any atom is 0.160 e. The molecule has 0 fully saturated rings. The van der Waals surface area contributed by atoms with Crippen molar-refractivity contribution in [3.05, 3.63) is 188 Å². The molecule has 4 aromatic heterocycles. The summed E-state index contributed by atoms with van der Waals surface area (Å²) in [4.78, 5) is 15.7. The summed E-state index contributed by atoms with van der Waals surface area (Å²) >= 11 is 1.81. The van der Waals surface area contributed by atoms with Crippen LogP contribution in [0, 0.1) is 0 Å². The van der Waals surface area contributed by atoms with E-state index in [-0.39, 0.29) is 0 Å². The lowest BCUT2D eigenvalue weighted by atomic mass is 9.96. The average Bonchev–Trinajstić information content (AvgIpc) is 3.87. The Hall–Kier alpha value is -7.47. The topological polar surface area (TPSA) is 51.8 Å². The molecule has 4 nitrogen and oxygen atoms in total. The normalized spacial score (nSPS) is 11.8. The average molecular weight is 758 g/mol. The lowest BCUT2D eigenvalue weighted by molar-refractivity contribution is 0.669. The van der Waals surface area contributed by atoms with E-state index in [0.717, 1.165) is 94.1 Å². The van der Waals surface area contributed by atoms with Gasteiger partial charge < -0.3 is 4.42 Å². The summed E-state index contributed by atoms with van der Waals surface area (Å²) in [5.41, 5.74) is 11.9. The summed E-state index contributed by atoms with van der Waals surface area (Å²) < 4.78 is 8.68. The molecule has 0 unspecified atom stereocenters. The molecular formula is C53H31N3OS. The van der Waals surface area contributed by atoms with Gasteiger partial charge in [0.2, 0.25) is 0 Å². The third-order valence-electron chi connectivity index (χ3n) is 11.3. The van der Waals surface area contributed by atoms with E-state index in [0.29, 0.717) is 5.82 Å². The predicted molar refractivity (Wildman–Crippen MR) is 242 cm³/mol. The first kappa shape index (κ1) is 32.7. The Morgan fingerprint density at radius 2 is 1.02 bits per heavy atom. The van der Waals surface area contributed by atoms with E-state index < -0.39 is 0 Å². The van der Waals surface area contributed by atoms with Crippen molar-refractivity contribution in [2.45, 2.75) is 0 Å². The monoisotopic (exact) mass is 757 g/mol. The first-order valence-electron chi connectivity index (χ1n) is 19.4. The SMILES string of the molecule is c1ccc(-c2nc(-c3cccc(-c4nc5c6ccccc6sc5c5ccccc45)c3)cc(-c3ccc4cc(-c5cccc6oc7ccccc7c56)ccc4c3)n2)cc1. The van der Waals surface area contributed by atoms with Crippen LogP contribution in [0.4, 0.5) is 0 Å². The maximum absolute atomic E-state index is 6.21. The molecule has 0 aliphatic rings. The van der Waals surface area contributed by atoms with Crippen molar-refractivity contribution in [2.24, 2.45) is 0 Å². The van der Waals surface area contributed by atoms with Gasteiger partial charge in [0.1, 0.15) is 11.2 Å². The van der Waals surface area contributed by atoms with Gasteiger partial charge in [0.15, 0.2) is 5.82 Å². The van der Waals surface area contributed by atoms with Gasteiger partial charge in [0, 0.05) is 53.9 Å². The zero-order valence-electron chi connectivity index (χ0n) is 31.1. The minimum atomic E-state index is 0.684. The molecule has 8 aromatic carbocycles. The van der Waals surface area contributed by atoms with Gasteiger partial charge >= 0.3 is 0 Å². The number of rotatable bonds is 5. The van der Waals surface area contributed by atoms with Gasteiger partial charge in [-0.15, -0.1) is 11.3 Å². The van der Waals surface area contributed by atoms with Crippen LogP contribution in [0.5, 0.6) is 0 Å². The number of hydrogen-bond donors (Lipinski definition) is 0. The molecule has 12 rings (SSSR count). The largest absolute Gasteiger partial charge is 0.456 e. The summed E-state index contributed by atoms with van der Waals surface area (Å²) in [5.74, 6) is 0.684. The number of furan rings is 1.